The number of piperidine rings is 1. The largest absolute Gasteiger partial charge is 0.337 e. The van der Waals surface area contributed by atoms with Gasteiger partial charge >= 0.3 is 0 Å². The van der Waals surface area contributed by atoms with Gasteiger partial charge in [0.15, 0.2) is 0 Å². The molecule has 102 valence electrons. The van der Waals surface area contributed by atoms with Gasteiger partial charge in [-0.2, -0.15) is 0 Å². The number of ketones is 1. The maximum Gasteiger partial charge on any atom is 0.253 e. The molecule has 0 N–H and O–H groups in total. The molecule has 20 heavy (non-hydrogen) atoms. The second-order valence-corrected chi connectivity index (χ2v) is 5.28. The van der Waals surface area contributed by atoms with Gasteiger partial charge in [-0.1, -0.05) is 13.0 Å². The molecule has 2 heterocycles. The number of hydrogen-bond acceptors (Lipinski definition) is 3. The maximum absolute atomic E-state index is 12.5. The van der Waals surface area contributed by atoms with E-state index in [0.29, 0.717) is 25.1 Å². The first-order chi connectivity index (χ1) is 9.65. The third kappa shape index (κ3) is 2.29. The number of Topliss-reactive ketones (excluding diaryl/α,β-unsaturated/α-hetero) is 1. The first-order valence-electron chi connectivity index (χ1n) is 6.82. The molecule has 1 aliphatic rings. The Morgan fingerprint density at radius 2 is 2.20 bits per heavy atom. The molecule has 1 aromatic carbocycles. The minimum Gasteiger partial charge on any atom is -0.337 e. The van der Waals surface area contributed by atoms with Gasteiger partial charge in [-0.3, -0.25) is 14.6 Å². The van der Waals surface area contributed by atoms with E-state index in [1.165, 1.54) is 0 Å². The van der Waals surface area contributed by atoms with Crippen molar-refractivity contribution in [2.45, 2.75) is 13.3 Å². The first-order valence-corrected chi connectivity index (χ1v) is 6.82. The van der Waals surface area contributed by atoms with Gasteiger partial charge in [0.1, 0.15) is 5.78 Å². The summed E-state index contributed by atoms with van der Waals surface area (Å²) in [6.45, 7) is 2.92. The summed E-state index contributed by atoms with van der Waals surface area (Å²) in [4.78, 5) is 30.0. The van der Waals surface area contributed by atoms with Gasteiger partial charge < -0.3 is 4.90 Å². The van der Waals surface area contributed by atoms with Crippen LogP contribution in [0, 0.1) is 5.92 Å². The summed E-state index contributed by atoms with van der Waals surface area (Å²) in [5, 5.41) is 0.958. The Morgan fingerprint density at radius 1 is 1.35 bits per heavy atom. The summed E-state index contributed by atoms with van der Waals surface area (Å²) in [5.74, 6) is 0.182. The van der Waals surface area contributed by atoms with Crippen LogP contribution in [0.4, 0.5) is 0 Å². The van der Waals surface area contributed by atoms with Crippen LogP contribution in [0.2, 0.25) is 0 Å². The van der Waals surface area contributed by atoms with Crippen molar-refractivity contribution in [2.75, 3.05) is 13.1 Å². The van der Waals surface area contributed by atoms with Crippen LogP contribution in [-0.2, 0) is 4.79 Å². The van der Waals surface area contributed by atoms with E-state index in [2.05, 4.69) is 4.98 Å². The molecule has 0 bridgehead atoms. The average molecular weight is 268 g/mol. The lowest BCUT2D eigenvalue weighted by Crippen LogP contribution is -2.43. The lowest BCUT2D eigenvalue weighted by atomic mass is 9.98. The molecule has 1 amide bonds. The predicted molar refractivity (Wildman–Crippen MR) is 76.4 cm³/mol. The second kappa shape index (κ2) is 5.04. The van der Waals surface area contributed by atoms with E-state index in [-0.39, 0.29) is 17.6 Å². The zero-order chi connectivity index (χ0) is 14.1. The minimum atomic E-state index is -0.0603. The van der Waals surface area contributed by atoms with Crippen LogP contribution in [0.15, 0.2) is 36.5 Å². The zero-order valence-electron chi connectivity index (χ0n) is 11.4. The fraction of sp³-hybridized carbons (Fsp3) is 0.312. The smallest absolute Gasteiger partial charge is 0.253 e. The normalized spacial score (nSPS) is 19.4. The highest BCUT2D eigenvalue weighted by molar-refractivity contribution is 5.98. The van der Waals surface area contributed by atoms with Gasteiger partial charge in [0.2, 0.25) is 0 Å². The number of carbonyl (C=O) groups excluding carboxylic acids is 2. The molecular weight excluding hydrogens is 252 g/mol. The standard InChI is InChI=1S/C16H16N2O2/c1-11-10-18(8-6-15(11)19)16(20)13-4-5-14-12(9-13)3-2-7-17-14/h2-5,7,9,11H,6,8,10H2,1H3. The number of fused-ring (bicyclic) bond motifs is 1. The summed E-state index contributed by atoms with van der Waals surface area (Å²) in [7, 11) is 0. The van der Waals surface area contributed by atoms with Gasteiger partial charge in [0.25, 0.3) is 5.91 Å². The quantitative estimate of drug-likeness (QED) is 0.797. The Morgan fingerprint density at radius 3 is 3.00 bits per heavy atom. The van der Waals surface area contributed by atoms with Crippen LogP contribution >= 0.6 is 0 Å². The number of nitrogens with zero attached hydrogens (tertiary/aromatic N) is 2. The van der Waals surface area contributed by atoms with Crippen LogP contribution in [0.3, 0.4) is 0 Å². The molecule has 0 radical (unpaired) electrons. The van der Waals surface area contributed by atoms with E-state index < -0.39 is 0 Å². The van der Waals surface area contributed by atoms with Crippen molar-refractivity contribution in [2.24, 2.45) is 5.92 Å². The molecule has 3 rings (SSSR count). The number of aromatic nitrogens is 1. The molecule has 4 nitrogen and oxygen atoms in total. The number of pyridine rings is 1. The van der Waals surface area contributed by atoms with E-state index in [4.69, 9.17) is 0 Å². The van der Waals surface area contributed by atoms with Crippen LogP contribution in [0.25, 0.3) is 10.9 Å². The summed E-state index contributed by atoms with van der Waals surface area (Å²) in [6.07, 6.45) is 2.20. The number of amides is 1. The molecule has 1 fully saturated rings. The van der Waals surface area contributed by atoms with Crippen LogP contribution in [-0.4, -0.2) is 34.7 Å². The molecular formula is C16H16N2O2. The third-order valence-corrected chi connectivity index (χ3v) is 3.81. The topological polar surface area (TPSA) is 50.3 Å². The number of likely N-dealkylation sites (tertiary alicyclic amines) is 1. The summed E-state index contributed by atoms with van der Waals surface area (Å²) in [6, 6.07) is 9.34. The highest BCUT2D eigenvalue weighted by Gasteiger charge is 2.27. The molecule has 2 aromatic rings. The van der Waals surface area contributed by atoms with Crippen molar-refractivity contribution in [3.05, 3.63) is 42.1 Å². The summed E-state index contributed by atoms with van der Waals surface area (Å²) >= 11 is 0. The molecule has 0 spiro atoms. The lowest BCUT2D eigenvalue weighted by molar-refractivity contribution is -0.124. The highest BCUT2D eigenvalue weighted by Crippen LogP contribution is 2.18. The van der Waals surface area contributed by atoms with Gasteiger partial charge in [-0.25, -0.2) is 0 Å². The fourth-order valence-electron chi connectivity index (χ4n) is 2.59. The lowest BCUT2D eigenvalue weighted by Gasteiger charge is -2.30. The zero-order valence-corrected chi connectivity index (χ0v) is 11.4. The van der Waals surface area contributed by atoms with Crippen molar-refractivity contribution < 1.29 is 9.59 Å². The second-order valence-electron chi connectivity index (χ2n) is 5.28. The maximum atomic E-state index is 12.5. The molecule has 1 aliphatic heterocycles. The fourth-order valence-corrected chi connectivity index (χ4v) is 2.59. The van der Waals surface area contributed by atoms with E-state index in [0.717, 1.165) is 10.9 Å². The molecule has 1 aromatic heterocycles. The third-order valence-electron chi connectivity index (χ3n) is 3.81. The number of benzene rings is 1. The van der Waals surface area contributed by atoms with Crippen LogP contribution < -0.4 is 0 Å². The minimum absolute atomic E-state index is 0.00453. The van der Waals surface area contributed by atoms with Gasteiger partial charge in [0, 0.05) is 42.6 Å². The van der Waals surface area contributed by atoms with E-state index >= 15 is 0 Å². The Balaban J connectivity index is 1.87. The molecule has 4 heteroatoms. The van der Waals surface area contributed by atoms with Crippen LogP contribution in [0.1, 0.15) is 23.7 Å². The van der Waals surface area contributed by atoms with E-state index in [1.54, 1.807) is 17.2 Å². The van der Waals surface area contributed by atoms with Crippen molar-refractivity contribution in [3.63, 3.8) is 0 Å². The Bertz CT molecular complexity index is 681. The molecule has 1 unspecified atom stereocenters. The Labute approximate surface area is 117 Å². The summed E-state index contributed by atoms with van der Waals surface area (Å²) in [5.41, 5.74) is 1.54. The number of rotatable bonds is 1. The summed E-state index contributed by atoms with van der Waals surface area (Å²) < 4.78 is 0. The molecule has 0 aliphatic carbocycles. The van der Waals surface area contributed by atoms with Gasteiger partial charge in [0.05, 0.1) is 5.52 Å². The van der Waals surface area contributed by atoms with Crippen molar-refractivity contribution in [1.82, 2.24) is 9.88 Å². The monoisotopic (exact) mass is 268 g/mol. The predicted octanol–water partition coefficient (Wildman–Crippen LogP) is 2.29. The van der Waals surface area contributed by atoms with E-state index in [9.17, 15) is 9.59 Å². The highest BCUT2D eigenvalue weighted by atomic mass is 16.2. The Kier molecular flexibility index (Phi) is 3.22. The first kappa shape index (κ1) is 12.8. The number of hydrogen-bond donors (Lipinski definition) is 0. The molecule has 0 saturated carbocycles. The average Bonchev–Trinajstić information content (AvgIpc) is 2.49. The van der Waals surface area contributed by atoms with E-state index in [1.807, 2.05) is 31.2 Å². The van der Waals surface area contributed by atoms with Gasteiger partial charge in [-0.05, 0) is 24.3 Å². The molecule has 1 atom stereocenters. The van der Waals surface area contributed by atoms with Crippen molar-refractivity contribution in [3.8, 4) is 0 Å². The van der Waals surface area contributed by atoms with Gasteiger partial charge in [-0.15, -0.1) is 0 Å². The van der Waals surface area contributed by atoms with Crippen LogP contribution in [0.5, 0.6) is 0 Å². The van der Waals surface area contributed by atoms with Crippen molar-refractivity contribution in [1.29, 1.82) is 0 Å². The van der Waals surface area contributed by atoms with Crippen molar-refractivity contribution >= 4 is 22.6 Å². The number of carbonyl (C=O) groups is 2. The Hall–Kier alpha value is -2.23. The molecule has 1 saturated heterocycles. The SMILES string of the molecule is CC1CN(C(=O)c2ccc3ncccc3c2)CCC1=O.